The van der Waals surface area contributed by atoms with Crippen LogP contribution in [0.25, 0.3) is 22.2 Å². The summed E-state index contributed by atoms with van der Waals surface area (Å²) >= 11 is 0. The third-order valence-corrected chi connectivity index (χ3v) is 5.25. The molecule has 0 saturated heterocycles. The number of hydrogen-bond acceptors (Lipinski definition) is 4. The SMILES string of the molecule is NCC[C@H](C(=O)Nc1ccc2[nH]nc(-c3ccc(C(N)=O)cc3)c2c1)c1ccccc1. The number of rotatable bonds is 7. The fourth-order valence-corrected chi connectivity index (χ4v) is 3.63. The Kier molecular flexibility index (Phi) is 5.77. The van der Waals surface area contributed by atoms with Gasteiger partial charge in [0.2, 0.25) is 11.8 Å². The van der Waals surface area contributed by atoms with Gasteiger partial charge < -0.3 is 16.8 Å². The van der Waals surface area contributed by atoms with E-state index in [1.165, 1.54) is 0 Å². The van der Waals surface area contributed by atoms with E-state index in [4.69, 9.17) is 11.5 Å². The summed E-state index contributed by atoms with van der Waals surface area (Å²) in [6, 6.07) is 22.2. The predicted octanol–water partition coefficient (Wildman–Crippen LogP) is 3.40. The molecule has 1 heterocycles. The Labute approximate surface area is 179 Å². The molecule has 3 aromatic carbocycles. The molecule has 1 atom stereocenters. The second-order valence-electron chi connectivity index (χ2n) is 7.30. The van der Waals surface area contributed by atoms with Crippen molar-refractivity contribution in [3.8, 4) is 11.3 Å². The molecule has 0 radical (unpaired) electrons. The zero-order valence-corrected chi connectivity index (χ0v) is 16.8. The summed E-state index contributed by atoms with van der Waals surface area (Å²) < 4.78 is 0. The highest BCUT2D eigenvalue weighted by Gasteiger charge is 2.20. The number of hydrogen-bond donors (Lipinski definition) is 4. The minimum atomic E-state index is -0.478. The van der Waals surface area contributed by atoms with Crippen LogP contribution in [0.1, 0.15) is 28.3 Å². The molecule has 2 amide bonds. The average molecular weight is 413 g/mol. The molecule has 0 aliphatic rings. The van der Waals surface area contributed by atoms with Crippen LogP contribution < -0.4 is 16.8 Å². The number of carbonyl (C=O) groups is 2. The molecule has 7 heteroatoms. The molecule has 156 valence electrons. The van der Waals surface area contributed by atoms with Crippen LogP contribution in [0.3, 0.4) is 0 Å². The van der Waals surface area contributed by atoms with Gasteiger partial charge in [-0.05, 0) is 48.9 Å². The molecule has 7 nitrogen and oxygen atoms in total. The summed E-state index contributed by atoms with van der Waals surface area (Å²) in [5.74, 6) is -0.909. The van der Waals surface area contributed by atoms with E-state index in [9.17, 15) is 9.59 Å². The first-order valence-electron chi connectivity index (χ1n) is 10.0. The fraction of sp³-hybridized carbons (Fsp3) is 0.125. The molecule has 1 aromatic heterocycles. The molecule has 6 N–H and O–H groups in total. The lowest BCUT2D eigenvalue weighted by Crippen LogP contribution is -2.23. The first-order chi connectivity index (χ1) is 15.1. The molecule has 0 unspecified atom stereocenters. The molecule has 0 aliphatic carbocycles. The number of H-pyrrole nitrogens is 1. The van der Waals surface area contributed by atoms with E-state index in [0.717, 1.165) is 27.7 Å². The molecule has 4 rings (SSSR count). The van der Waals surface area contributed by atoms with E-state index in [1.807, 2.05) is 48.5 Å². The maximum absolute atomic E-state index is 13.0. The third-order valence-electron chi connectivity index (χ3n) is 5.25. The molecule has 4 aromatic rings. The van der Waals surface area contributed by atoms with Crippen LogP contribution in [0.15, 0.2) is 72.8 Å². The summed E-state index contributed by atoms with van der Waals surface area (Å²) in [6.07, 6.45) is 0.557. The molecule has 0 aliphatic heterocycles. The summed E-state index contributed by atoms with van der Waals surface area (Å²) in [4.78, 5) is 24.3. The molecule has 0 saturated carbocycles. The number of aromatic nitrogens is 2. The van der Waals surface area contributed by atoms with Crippen LogP contribution in [0.5, 0.6) is 0 Å². The Hall–Kier alpha value is -3.97. The minimum Gasteiger partial charge on any atom is -0.366 e. The van der Waals surface area contributed by atoms with E-state index >= 15 is 0 Å². The Morgan fingerprint density at radius 3 is 2.42 bits per heavy atom. The van der Waals surface area contributed by atoms with Crippen molar-refractivity contribution in [1.29, 1.82) is 0 Å². The second-order valence-corrected chi connectivity index (χ2v) is 7.30. The highest BCUT2D eigenvalue weighted by atomic mass is 16.2. The first-order valence-corrected chi connectivity index (χ1v) is 10.0. The van der Waals surface area contributed by atoms with Gasteiger partial charge in [-0.25, -0.2) is 0 Å². The van der Waals surface area contributed by atoms with Crippen LogP contribution in [0, 0.1) is 0 Å². The molecule has 0 fully saturated rings. The second kappa shape index (κ2) is 8.81. The third kappa shape index (κ3) is 4.31. The van der Waals surface area contributed by atoms with E-state index in [-0.39, 0.29) is 11.8 Å². The van der Waals surface area contributed by atoms with Crippen molar-refractivity contribution in [2.45, 2.75) is 12.3 Å². The monoisotopic (exact) mass is 413 g/mol. The zero-order valence-electron chi connectivity index (χ0n) is 16.8. The number of nitrogens with two attached hydrogens (primary N) is 2. The van der Waals surface area contributed by atoms with E-state index in [1.54, 1.807) is 24.3 Å². The standard InChI is InChI=1S/C24H23N5O2/c25-13-12-19(15-4-2-1-3-5-15)24(31)27-18-10-11-21-20(14-18)22(29-28-21)16-6-8-17(9-7-16)23(26)30/h1-11,14,19H,12-13,25H2,(H2,26,30)(H,27,31)(H,28,29)/t19-/m0/s1. The van der Waals surface area contributed by atoms with Gasteiger partial charge in [-0.15, -0.1) is 0 Å². The largest absolute Gasteiger partial charge is 0.366 e. The lowest BCUT2D eigenvalue weighted by atomic mass is 9.94. The van der Waals surface area contributed by atoms with Crippen LogP contribution in [0.4, 0.5) is 5.69 Å². The Morgan fingerprint density at radius 1 is 1.00 bits per heavy atom. The first kappa shape index (κ1) is 20.3. The number of nitrogens with one attached hydrogen (secondary N) is 2. The van der Waals surface area contributed by atoms with Gasteiger partial charge in [-0.1, -0.05) is 42.5 Å². The zero-order chi connectivity index (χ0) is 21.8. The molecular formula is C24H23N5O2. The molecule has 0 spiro atoms. The summed E-state index contributed by atoms with van der Waals surface area (Å²) in [5, 5.41) is 11.3. The van der Waals surface area contributed by atoms with Gasteiger partial charge in [0.15, 0.2) is 0 Å². The van der Waals surface area contributed by atoms with Crippen LogP contribution >= 0.6 is 0 Å². The normalized spacial score (nSPS) is 11.9. The quantitative estimate of drug-likeness (QED) is 0.370. The number of anilines is 1. The molecular weight excluding hydrogens is 390 g/mol. The highest BCUT2D eigenvalue weighted by Crippen LogP contribution is 2.29. The van der Waals surface area contributed by atoms with Crippen LogP contribution in [-0.4, -0.2) is 28.6 Å². The van der Waals surface area contributed by atoms with Gasteiger partial charge in [-0.3, -0.25) is 14.7 Å². The van der Waals surface area contributed by atoms with Gasteiger partial charge in [0, 0.05) is 22.2 Å². The van der Waals surface area contributed by atoms with Crippen molar-refractivity contribution in [2.75, 3.05) is 11.9 Å². The maximum Gasteiger partial charge on any atom is 0.248 e. The number of primary amides is 1. The average Bonchev–Trinajstić information content (AvgIpc) is 3.21. The Bertz CT molecular complexity index is 1220. The predicted molar refractivity (Wildman–Crippen MR) is 122 cm³/mol. The van der Waals surface area contributed by atoms with Crippen molar-refractivity contribution in [2.24, 2.45) is 11.5 Å². The van der Waals surface area contributed by atoms with Gasteiger partial charge >= 0.3 is 0 Å². The Morgan fingerprint density at radius 2 is 1.74 bits per heavy atom. The molecule has 31 heavy (non-hydrogen) atoms. The summed E-state index contributed by atoms with van der Waals surface area (Å²) in [7, 11) is 0. The lowest BCUT2D eigenvalue weighted by Gasteiger charge is -2.16. The van der Waals surface area contributed by atoms with E-state index in [0.29, 0.717) is 24.2 Å². The van der Waals surface area contributed by atoms with Crippen molar-refractivity contribution in [3.05, 3.63) is 83.9 Å². The number of carbonyl (C=O) groups excluding carboxylic acids is 2. The van der Waals surface area contributed by atoms with Crippen LogP contribution in [-0.2, 0) is 4.79 Å². The van der Waals surface area contributed by atoms with Crippen molar-refractivity contribution in [3.63, 3.8) is 0 Å². The van der Waals surface area contributed by atoms with E-state index in [2.05, 4.69) is 15.5 Å². The smallest absolute Gasteiger partial charge is 0.248 e. The minimum absolute atomic E-state index is 0.105. The summed E-state index contributed by atoms with van der Waals surface area (Å²) in [5.41, 5.74) is 15.5. The van der Waals surface area contributed by atoms with Crippen molar-refractivity contribution in [1.82, 2.24) is 10.2 Å². The lowest BCUT2D eigenvalue weighted by molar-refractivity contribution is -0.117. The van der Waals surface area contributed by atoms with Gasteiger partial charge in [0.1, 0.15) is 0 Å². The van der Waals surface area contributed by atoms with E-state index < -0.39 is 5.91 Å². The van der Waals surface area contributed by atoms with Crippen molar-refractivity contribution >= 4 is 28.4 Å². The van der Waals surface area contributed by atoms with Crippen LogP contribution in [0.2, 0.25) is 0 Å². The topological polar surface area (TPSA) is 127 Å². The number of fused-ring (bicyclic) bond motifs is 1. The van der Waals surface area contributed by atoms with Gasteiger partial charge in [0.25, 0.3) is 0 Å². The molecule has 0 bridgehead atoms. The number of amides is 2. The maximum atomic E-state index is 13.0. The number of nitrogens with zero attached hydrogens (tertiary/aromatic N) is 1. The highest BCUT2D eigenvalue weighted by molar-refractivity contribution is 6.00. The summed E-state index contributed by atoms with van der Waals surface area (Å²) in [6.45, 7) is 0.416. The number of benzene rings is 3. The Balaban J connectivity index is 1.62. The number of aromatic amines is 1. The van der Waals surface area contributed by atoms with Gasteiger partial charge in [-0.2, -0.15) is 5.10 Å². The van der Waals surface area contributed by atoms with Gasteiger partial charge in [0.05, 0.1) is 17.1 Å². The van der Waals surface area contributed by atoms with Crippen molar-refractivity contribution < 1.29 is 9.59 Å². The fourth-order valence-electron chi connectivity index (χ4n) is 3.63.